The van der Waals surface area contributed by atoms with Gasteiger partial charge in [0, 0.05) is 6.54 Å². The number of rotatable bonds is 7. The minimum atomic E-state index is 0.348. The van der Waals surface area contributed by atoms with E-state index in [1.165, 1.54) is 44.2 Å². The van der Waals surface area contributed by atoms with Crippen molar-refractivity contribution >= 4 is 11.6 Å². The highest BCUT2D eigenvalue weighted by Crippen LogP contribution is 2.33. The highest BCUT2D eigenvalue weighted by atomic mass is 35.5. The predicted octanol–water partition coefficient (Wildman–Crippen LogP) is 4.18. The molecule has 1 aliphatic carbocycles. The molecule has 1 aliphatic rings. The quantitative estimate of drug-likeness (QED) is 0.814. The number of aryl methyl sites for hydroxylation is 1. The molecule has 19 heavy (non-hydrogen) atoms. The molecule has 2 rings (SSSR count). The fourth-order valence-corrected chi connectivity index (χ4v) is 3.53. The molecule has 1 heterocycles. The fourth-order valence-electron chi connectivity index (χ4n) is 3.25. The van der Waals surface area contributed by atoms with Crippen LogP contribution in [0.4, 0.5) is 0 Å². The van der Waals surface area contributed by atoms with E-state index in [-0.39, 0.29) is 0 Å². The van der Waals surface area contributed by atoms with Gasteiger partial charge in [0.15, 0.2) is 0 Å². The Morgan fingerprint density at radius 2 is 2.16 bits per heavy atom. The molecule has 108 valence electrons. The van der Waals surface area contributed by atoms with Gasteiger partial charge in [0.05, 0.1) is 23.0 Å². The third kappa shape index (κ3) is 3.73. The number of nitrogens with zero attached hydrogens (tertiary/aromatic N) is 2. The molecule has 0 radical (unpaired) electrons. The fraction of sp³-hybridized carbons (Fsp3) is 0.800. The summed E-state index contributed by atoms with van der Waals surface area (Å²) in [6.07, 6.45) is 9.93. The SMILES string of the molecule is CCNC(CCC1CCCC1)c1c(Cl)cnn1CC. The van der Waals surface area contributed by atoms with Crippen LogP contribution in [0, 0.1) is 5.92 Å². The standard InChI is InChI=1S/C15H26ClN3/c1-3-17-14(10-9-12-7-5-6-8-12)15-13(16)11-18-19(15)4-2/h11-12,14,17H,3-10H2,1-2H3. The second-order valence-electron chi connectivity index (χ2n) is 5.53. The Morgan fingerprint density at radius 1 is 1.42 bits per heavy atom. The van der Waals surface area contributed by atoms with Crippen molar-refractivity contribution in [2.75, 3.05) is 6.54 Å². The zero-order chi connectivity index (χ0) is 13.7. The molecule has 1 unspecified atom stereocenters. The normalized spacial score (nSPS) is 18.1. The number of aromatic nitrogens is 2. The van der Waals surface area contributed by atoms with E-state index in [9.17, 15) is 0 Å². The van der Waals surface area contributed by atoms with Crippen LogP contribution < -0.4 is 5.32 Å². The summed E-state index contributed by atoms with van der Waals surface area (Å²) in [5.41, 5.74) is 1.17. The Kier molecular flexibility index (Phi) is 5.71. The maximum atomic E-state index is 6.33. The summed E-state index contributed by atoms with van der Waals surface area (Å²) >= 11 is 6.33. The maximum Gasteiger partial charge on any atom is 0.0834 e. The third-order valence-electron chi connectivity index (χ3n) is 4.25. The molecular formula is C15H26ClN3. The second kappa shape index (κ2) is 7.30. The van der Waals surface area contributed by atoms with Crippen LogP contribution in [0.2, 0.25) is 5.02 Å². The average Bonchev–Trinajstić information content (AvgIpc) is 3.04. The van der Waals surface area contributed by atoms with E-state index < -0.39 is 0 Å². The number of halogens is 1. The van der Waals surface area contributed by atoms with Crippen molar-refractivity contribution in [3.8, 4) is 0 Å². The van der Waals surface area contributed by atoms with E-state index in [4.69, 9.17) is 11.6 Å². The molecule has 0 spiro atoms. The molecule has 1 N–H and O–H groups in total. The molecule has 1 aromatic heterocycles. The lowest BCUT2D eigenvalue weighted by molar-refractivity contribution is 0.399. The van der Waals surface area contributed by atoms with Crippen molar-refractivity contribution in [2.24, 2.45) is 5.92 Å². The molecule has 0 aliphatic heterocycles. The van der Waals surface area contributed by atoms with Gasteiger partial charge in [-0.1, -0.05) is 44.2 Å². The Bertz CT molecular complexity index is 383. The number of hydrogen-bond acceptors (Lipinski definition) is 2. The van der Waals surface area contributed by atoms with E-state index in [1.54, 1.807) is 6.20 Å². The van der Waals surface area contributed by atoms with Crippen LogP contribution in [0.5, 0.6) is 0 Å². The minimum Gasteiger partial charge on any atom is -0.309 e. The van der Waals surface area contributed by atoms with E-state index in [2.05, 4.69) is 24.3 Å². The van der Waals surface area contributed by atoms with Gasteiger partial charge in [0.1, 0.15) is 0 Å². The van der Waals surface area contributed by atoms with Crippen LogP contribution in [0.1, 0.15) is 64.1 Å². The van der Waals surface area contributed by atoms with Crippen molar-refractivity contribution in [3.63, 3.8) is 0 Å². The van der Waals surface area contributed by atoms with Crippen LogP contribution in [0.25, 0.3) is 0 Å². The third-order valence-corrected chi connectivity index (χ3v) is 4.54. The van der Waals surface area contributed by atoms with Crippen molar-refractivity contribution in [1.82, 2.24) is 15.1 Å². The largest absolute Gasteiger partial charge is 0.309 e. The smallest absolute Gasteiger partial charge is 0.0834 e. The van der Waals surface area contributed by atoms with Gasteiger partial charge in [-0.2, -0.15) is 5.10 Å². The van der Waals surface area contributed by atoms with Crippen molar-refractivity contribution in [2.45, 2.75) is 65.0 Å². The first kappa shape index (κ1) is 14.9. The van der Waals surface area contributed by atoms with Gasteiger partial charge >= 0.3 is 0 Å². The summed E-state index contributed by atoms with van der Waals surface area (Å²) in [5.74, 6) is 0.929. The zero-order valence-electron chi connectivity index (χ0n) is 12.2. The molecule has 0 saturated heterocycles. The molecule has 4 heteroatoms. The van der Waals surface area contributed by atoms with Gasteiger partial charge in [-0.05, 0) is 32.2 Å². The Labute approximate surface area is 121 Å². The highest BCUT2D eigenvalue weighted by molar-refractivity contribution is 6.31. The lowest BCUT2D eigenvalue weighted by Crippen LogP contribution is -2.24. The average molecular weight is 284 g/mol. The molecule has 1 fully saturated rings. The van der Waals surface area contributed by atoms with Gasteiger partial charge in [-0.25, -0.2) is 0 Å². The lowest BCUT2D eigenvalue weighted by Gasteiger charge is -2.21. The molecule has 1 saturated carbocycles. The minimum absolute atomic E-state index is 0.348. The van der Waals surface area contributed by atoms with Crippen molar-refractivity contribution in [3.05, 3.63) is 16.9 Å². The van der Waals surface area contributed by atoms with Crippen LogP contribution in [-0.2, 0) is 6.54 Å². The first-order valence-electron chi connectivity index (χ1n) is 7.70. The highest BCUT2D eigenvalue weighted by Gasteiger charge is 2.22. The summed E-state index contributed by atoms with van der Waals surface area (Å²) in [5, 5.41) is 8.75. The monoisotopic (exact) mass is 283 g/mol. The molecule has 3 nitrogen and oxygen atoms in total. The Morgan fingerprint density at radius 3 is 2.79 bits per heavy atom. The van der Waals surface area contributed by atoms with Crippen LogP contribution >= 0.6 is 11.6 Å². The van der Waals surface area contributed by atoms with Gasteiger partial charge in [-0.15, -0.1) is 0 Å². The first-order chi connectivity index (χ1) is 9.26. The molecule has 0 amide bonds. The Hall–Kier alpha value is -0.540. The van der Waals surface area contributed by atoms with Crippen LogP contribution in [-0.4, -0.2) is 16.3 Å². The molecule has 0 bridgehead atoms. The number of hydrogen-bond donors (Lipinski definition) is 1. The lowest BCUT2D eigenvalue weighted by atomic mass is 9.97. The van der Waals surface area contributed by atoms with Gasteiger partial charge in [0.2, 0.25) is 0 Å². The van der Waals surface area contributed by atoms with Gasteiger partial charge in [-0.3, -0.25) is 4.68 Å². The first-order valence-corrected chi connectivity index (χ1v) is 8.08. The van der Waals surface area contributed by atoms with Crippen molar-refractivity contribution < 1.29 is 0 Å². The molecule has 1 aromatic rings. The van der Waals surface area contributed by atoms with Crippen molar-refractivity contribution in [1.29, 1.82) is 0 Å². The van der Waals surface area contributed by atoms with E-state index in [0.29, 0.717) is 6.04 Å². The molecule has 1 atom stereocenters. The summed E-state index contributed by atoms with van der Waals surface area (Å²) in [4.78, 5) is 0. The predicted molar refractivity (Wildman–Crippen MR) is 80.5 cm³/mol. The van der Waals surface area contributed by atoms with E-state index >= 15 is 0 Å². The van der Waals surface area contributed by atoms with E-state index in [1.807, 2.05) is 4.68 Å². The zero-order valence-corrected chi connectivity index (χ0v) is 12.9. The van der Waals surface area contributed by atoms with Crippen LogP contribution in [0.3, 0.4) is 0 Å². The van der Waals surface area contributed by atoms with Gasteiger partial charge in [0.25, 0.3) is 0 Å². The summed E-state index contributed by atoms with van der Waals surface area (Å²) < 4.78 is 2.03. The Balaban J connectivity index is 2.03. The maximum absolute atomic E-state index is 6.33. The number of nitrogens with one attached hydrogen (secondary N) is 1. The summed E-state index contributed by atoms with van der Waals surface area (Å²) in [7, 11) is 0. The molecular weight excluding hydrogens is 258 g/mol. The van der Waals surface area contributed by atoms with E-state index in [0.717, 1.165) is 24.0 Å². The van der Waals surface area contributed by atoms with Crippen LogP contribution in [0.15, 0.2) is 6.20 Å². The van der Waals surface area contributed by atoms with Gasteiger partial charge < -0.3 is 5.32 Å². The molecule has 0 aromatic carbocycles. The topological polar surface area (TPSA) is 29.9 Å². The summed E-state index contributed by atoms with van der Waals surface area (Å²) in [6.45, 7) is 6.13. The second-order valence-corrected chi connectivity index (χ2v) is 5.94. The summed E-state index contributed by atoms with van der Waals surface area (Å²) in [6, 6.07) is 0.348.